The Balaban J connectivity index is 1.81. The Morgan fingerprint density at radius 1 is 0.931 bits per heavy atom. The van der Waals surface area contributed by atoms with Crippen molar-refractivity contribution >= 4 is 34.2 Å². The molecule has 152 valence electrons. The summed E-state index contributed by atoms with van der Waals surface area (Å²) in [4.78, 5) is 28.0. The van der Waals surface area contributed by atoms with Crippen molar-refractivity contribution in [3.05, 3.63) is 59.8 Å². The van der Waals surface area contributed by atoms with Crippen LogP contribution >= 0.6 is 0 Å². The molecule has 6 heteroatoms. The van der Waals surface area contributed by atoms with Crippen molar-refractivity contribution in [2.24, 2.45) is 0 Å². The van der Waals surface area contributed by atoms with Crippen LogP contribution in [0.4, 0.5) is 16.2 Å². The van der Waals surface area contributed by atoms with E-state index in [1.807, 2.05) is 32.0 Å². The van der Waals surface area contributed by atoms with E-state index in [-0.39, 0.29) is 23.4 Å². The third-order valence-corrected chi connectivity index (χ3v) is 4.58. The summed E-state index contributed by atoms with van der Waals surface area (Å²) in [5.74, 6) is -0.267. The van der Waals surface area contributed by atoms with Gasteiger partial charge in [-0.1, -0.05) is 45.0 Å². The Morgan fingerprint density at radius 3 is 2.21 bits per heavy atom. The van der Waals surface area contributed by atoms with Crippen molar-refractivity contribution in [3.8, 4) is 0 Å². The van der Waals surface area contributed by atoms with Gasteiger partial charge in [-0.2, -0.15) is 0 Å². The predicted molar refractivity (Wildman–Crippen MR) is 119 cm³/mol. The third-order valence-electron chi connectivity index (χ3n) is 4.58. The van der Waals surface area contributed by atoms with Gasteiger partial charge in [-0.05, 0) is 49.1 Å². The SMILES string of the molecule is CC(C)NC(=O)Nc1ccccc1NC(=O)c1cc2ccc(C(C)(C)C)cc2[nH]1. The van der Waals surface area contributed by atoms with Gasteiger partial charge in [0.05, 0.1) is 11.4 Å². The quantitative estimate of drug-likeness (QED) is 0.489. The minimum absolute atomic E-state index is 0.0149. The third kappa shape index (κ3) is 4.96. The van der Waals surface area contributed by atoms with Crippen LogP contribution in [-0.2, 0) is 5.41 Å². The normalized spacial score (nSPS) is 11.5. The van der Waals surface area contributed by atoms with E-state index in [1.165, 1.54) is 5.56 Å². The smallest absolute Gasteiger partial charge is 0.319 e. The molecular weight excluding hydrogens is 364 g/mol. The summed E-state index contributed by atoms with van der Waals surface area (Å²) in [6.45, 7) is 10.2. The fourth-order valence-corrected chi connectivity index (χ4v) is 3.03. The van der Waals surface area contributed by atoms with Gasteiger partial charge >= 0.3 is 6.03 Å². The average Bonchev–Trinajstić information content (AvgIpc) is 3.05. The molecule has 0 bridgehead atoms. The van der Waals surface area contributed by atoms with Crippen molar-refractivity contribution < 1.29 is 9.59 Å². The van der Waals surface area contributed by atoms with Crippen LogP contribution in [-0.4, -0.2) is 23.0 Å². The topological polar surface area (TPSA) is 86.0 Å². The number of carbonyl (C=O) groups excluding carboxylic acids is 2. The molecule has 4 N–H and O–H groups in total. The zero-order valence-electron chi connectivity index (χ0n) is 17.5. The van der Waals surface area contributed by atoms with Crippen LogP contribution in [0.15, 0.2) is 48.5 Å². The van der Waals surface area contributed by atoms with Gasteiger partial charge in [0.25, 0.3) is 5.91 Å². The highest BCUT2D eigenvalue weighted by atomic mass is 16.2. The number of urea groups is 1. The highest BCUT2D eigenvalue weighted by molar-refractivity contribution is 6.08. The number of H-pyrrole nitrogens is 1. The Kier molecular flexibility index (Phi) is 5.64. The standard InChI is InChI=1S/C23H28N4O2/c1-14(2)24-22(29)27-18-9-7-6-8-17(18)26-21(28)20-12-15-10-11-16(23(3,4)5)13-19(15)25-20/h6-14,25H,1-5H3,(H,26,28)(H2,24,27,29). The monoisotopic (exact) mass is 392 g/mol. The maximum atomic E-state index is 12.8. The number of para-hydroxylation sites is 2. The molecule has 3 rings (SSSR count). The Labute approximate surface area is 171 Å². The summed E-state index contributed by atoms with van der Waals surface area (Å²) in [7, 11) is 0. The molecule has 29 heavy (non-hydrogen) atoms. The molecule has 0 fully saturated rings. The molecular formula is C23H28N4O2. The van der Waals surface area contributed by atoms with E-state index >= 15 is 0 Å². The first-order valence-electron chi connectivity index (χ1n) is 9.74. The van der Waals surface area contributed by atoms with Crippen LogP contribution < -0.4 is 16.0 Å². The predicted octanol–water partition coefficient (Wildman–Crippen LogP) is 5.25. The molecule has 1 aromatic heterocycles. The molecule has 0 spiro atoms. The number of rotatable bonds is 4. The number of fused-ring (bicyclic) bond motifs is 1. The summed E-state index contributed by atoms with van der Waals surface area (Å²) in [6, 6.07) is 14.8. The second-order valence-corrected chi connectivity index (χ2v) is 8.49. The maximum Gasteiger partial charge on any atom is 0.319 e. The van der Waals surface area contributed by atoms with Gasteiger partial charge in [-0.25, -0.2) is 4.79 Å². The molecule has 6 nitrogen and oxygen atoms in total. The minimum atomic E-state index is -0.318. The van der Waals surface area contributed by atoms with Crippen LogP contribution in [0, 0.1) is 0 Å². The summed E-state index contributed by atoms with van der Waals surface area (Å²) in [5.41, 5.74) is 3.68. The number of hydrogen-bond acceptors (Lipinski definition) is 2. The summed E-state index contributed by atoms with van der Waals surface area (Å²) in [5, 5.41) is 9.40. The number of nitrogens with one attached hydrogen (secondary N) is 4. The molecule has 1 heterocycles. The van der Waals surface area contributed by atoms with E-state index in [0.717, 1.165) is 10.9 Å². The fraction of sp³-hybridized carbons (Fsp3) is 0.304. The van der Waals surface area contributed by atoms with Crippen molar-refractivity contribution in [1.29, 1.82) is 0 Å². The van der Waals surface area contributed by atoms with E-state index in [9.17, 15) is 9.59 Å². The number of carbonyl (C=O) groups is 2. The van der Waals surface area contributed by atoms with E-state index in [0.29, 0.717) is 17.1 Å². The van der Waals surface area contributed by atoms with Gasteiger partial charge in [0, 0.05) is 16.9 Å². The lowest BCUT2D eigenvalue weighted by Gasteiger charge is -2.18. The van der Waals surface area contributed by atoms with Crippen LogP contribution in [0.1, 0.15) is 50.7 Å². The molecule has 0 aliphatic heterocycles. The van der Waals surface area contributed by atoms with Crippen molar-refractivity contribution in [3.63, 3.8) is 0 Å². The maximum absolute atomic E-state index is 12.8. The second-order valence-electron chi connectivity index (χ2n) is 8.49. The molecule has 3 aromatic rings. The first kappa shape index (κ1) is 20.5. The Hall–Kier alpha value is -3.28. The Morgan fingerprint density at radius 2 is 1.59 bits per heavy atom. The summed E-state index contributed by atoms with van der Waals surface area (Å²) >= 11 is 0. The van der Waals surface area contributed by atoms with Gasteiger partial charge in [-0.15, -0.1) is 0 Å². The van der Waals surface area contributed by atoms with Gasteiger partial charge < -0.3 is 20.9 Å². The summed E-state index contributed by atoms with van der Waals surface area (Å²) < 4.78 is 0. The van der Waals surface area contributed by atoms with Crippen LogP contribution in [0.3, 0.4) is 0 Å². The van der Waals surface area contributed by atoms with Crippen molar-refractivity contribution in [2.75, 3.05) is 10.6 Å². The molecule has 0 atom stereocenters. The number of benzene rings is 2. The zero-order valence-corrected chi connectivity index (χ0v) is 17.5. The van der Waals surface area contributed by atoms with Crippen LogP contribution in [0.2, 0.25) is 0 Å². The van der Waals surface area contributed by atoms with E-state index in [4.69, 9.17) is 0 Å². The molecule has 2 aromatic carbocycles. The fourth-order valence-electron chi connectivity index (χ4n) is 3.03. The summed E-state index contributed by atoms with van der Waals surface area (Å²) in [6.07, 6.45) is 0. The average molecular weight is 393 g/mol. The lowest BCUT2D eigenvalue weighted by molar-refractivity contribution is 0.102. The minimum Gasteiger partial charge on any atom is -0.351 e. The molecule has 0 saturated heterocycles. The lowest BCUT2D eigenvalue weighted by atomic mass is 9.87. The molecule has 0 aliphatic carbocycles. The molecule has 3 amide bonds. The number of aromatic nitrogens is 1. The molecule has 0 aliphatic rings. The van der Waals surface area contributed by atoms with Gasteiger partial charge in [0.15, 0.2) is 0 Å². The number of anilines is 2. The van der Waals surface area contributed by atoms with Crippen molar-refractivity contribution in [1.82, 2.24) is 10.3 Å². The number of hydrogen-bond donors (Lipinski definition) is 4. The highest BCUT2D eigenvalue weighted by Gasteiger charge is 2.17. The number of amides is 3. The second kappa shape index (κ2) is 7.99. The van der Waals surface area contributed by atoms with Gasteiger partial charge in [0.2, 0.25) is 0 Å². The van der Waals surface area contributed by atoms with Gasteiger partial charge in [0.1, 0.15) is 5.69 Å². The van der Waals surface area contributed by atoms with Crippen molar-refractivity contribution in [2.45, 2.75) is 46.1 Å². The van der Waals surface area contributed by atoms with Gasteiger partial charge in [-0.3, -0.25) is 4.79 Å². The molecule has 0 saturated carbocycles. The van der Waals surface area contributed by atoms with E-state index in [1.54, 1.807) is 18.2 Å². The highest BCUT2D eigenvalue weighted by Crippen LogP contribution is 2.27. The van der Waals surface area contributed by atoms with E-state index < -0.39 is 0 Å². The number of aromatic amines is 1. The van der Waals surface area contributed by atoms with E-state index in [2.05, 4.69) is 53.8 Å². The zero-order chi connectivity index (χ0) is 21.2. The first-order valence-corrected chi connectivity index (χ1v) is 9.74. The Bertz CT molecular complexity index is 1040. The largest absolute Gasteiger partial charge is 0.351 e. The lowest BCUT2D eigenvalue weighted by Crippen LogP contribution is -2.34. The van der Waals surface area contributed by atoms with Crippen LogP contribution in [0.25, 0.3) is 10.9 Å². The first-order chi connectivity index (χ1) is 13.6. The van der Waals surface area contributed by atoms with Crippen LogP contribution in [0.5, 0.6) is 0 Å². The molecule has 0 radical (unpaired) electrons. The molecule has 0 unspecified atom stereocenters.